The smallest absolute Gasteiger partial charge is 0.160 e. The van der Waals surface area contributed by atoms with Crippen molar-refractivity contribution in [3.05, 3.63) is 29.1 Å². The monoisotopic (exact) mass is 248 g/mol. The fourth-order valence-corrected chi connectivity index (χ4v) is 2.24. The number of carbonyl (C=O) groups excluding carboxylic acids is 1. The summed E-state index contributed by atoms with van der Waals surface area (Å²) in [4.78, 5) is 18.3. The van der Waals surface area contributed by atoms with Gasteiger partial charge in [0.15, 0.2) is 6.29 Å². The SMILES string of the molecule is CN(C)c1ccc(O)c(-c2ccc(C=O)s2)n1. The molecule has 0 aliphatic heterocycles. The van der Waals surface area contributed by atoms with E-state index in [4.69, 9.17) is 0 Å². The van der Waals surface area contributed by atoms with E-state index in [0.29, 0.717) is 10.6 Å². The molecule has 0 spiro atoms. The molecule has 2 heterocycles. The second-order valence-corrected chi connectivity index (χ2v) is 4.87. The number of anilines is 1. The number of carbonyl (C=O) groups is 1. The van der Waals surface area contributed by atoms with Crippen molar-refractivity contribution in [3.8, 4) is 16.3 Å². The van der Waals surface area contributed by atoms with E-state index in [1.54, 1.807) is 24.3 Å². The van der Waals surface area contributed by atoms with Crippen LogP contribution in [0.3, 0.4) is 0 Å². The summed E-state index contributed by atoms with van der Waals surface area (Å²) in [5.41, 5.74) is 0.509. The van der Waals surface area contributed by atoms with E-state index >= 15 is 0 Å². The van der Waals surface area contributed by atoms with Crippen molar-refractivity contribution < 1.29 is 9.90 Å². The Bertz CT molecular complexity index is 549. The molecule has 0 aromatic carbocycles. The second kappa shape index (κ2) is 4.55. The summed E-state index contributed by atoms with van der Waals surface area (Å²) in [5.74, 6) is 0.883. The minimum absolute atomic E-state index is 0.120. The quantitative estimate of drug-likeness (QED) is 0.847. The van der Waals surface area contributed by atoms with Crippen LogP contribution in [-0.2, 0) is 0 Å². The third-order valence-corrected chi connectivity index (χ3v) is 3.31. The summed E-state index contributed by atoms with van der Waals surface area (Å²) >= 11 is 1.31. The van der Waals surface area contributed by atoms with E-state index in [9.17, 15) is 9.90 Å². The van der Waals surface area contributed by atoms with Crippen LogP contribution in [0.2, 0.25) is 0 Å². The molecule has 0 amide bonds. The predicted octanol–water partition coefficient (Wildman–Crippen LogP) is 2.39. The van der Waals surface area contributed by atoms with Crippen molar-refractivity contribution in [2.75, 3.05) is 19.0 Å². The molecule has 0 aliphatic rings. The third-order valence-electron chi connectivity index (χ3n) is 2.29. The van der Waals surface area contributed by atoms with Gasteiger partial charge in [0.1, 0.15) is 17.3 Å². The molecule has 0 atom stereocenters. The van der Waals surface area contributed by atoms with E-state index in [1.165, 1.54) is 11.3 Å². The number of aromatic hydroxyl groups is 1. The van der Waals surface area contributed by atoms with E-state index in [1.807, 2.05) is 19.0 Å². The molecular weight excluding hydrogens is 236 g/mol. The zero-order chi connectivity index (χ0) is 12.4. The Balaban J connectivity index is 2.49. The molecule has 0 unspecified atom stereocenters. The van der Waals surface area contributed by atoms with Crippen LogP contribution in [0.4, 0.5) is 5.82 Å². The van der Waals surface area contributed by atoms with Gasteiger partial charge >= 0.3 is 0 Å². The maximum atomic E-state index is 10.6. The molecule has 2 rings (SSSR count). The van der Waals surface area contributed by atoms with Crippen molar-refractivity contribution in [1.82, 2.24) is 4.98 Å². The van der Waals surface area contributed by atoms with Crippen molar-refractivity contribution >= 4 is 23.4 Å². The van der Waals surface area contributed by atoms with Crippen LogP contribution in [-0.4, -0.2) is 30.5 Å². The van der Waals surface area contributed by atoms with E-state index in [2.05, 4.69) is 4.98 Å². The Labute approximate surface area is 103 Å². The number of pyridine rings is 1. The van der Waals surface area contributed by atoms with Gasteiger partial charge in [-0.05, 0) is 24.3 Å². The Kier molecular flexibility index (Phi) is 3.10. The maximum Gasteiger partial charge on any atom is 0.160 e. The van der Waals surface area contributed by atoms with Crippen molar-refractivity contribution in [2.45, 2.75) is 0 Å². The summed E-state index contributed by atoms with van der Waals surface area (Å²) in [6.07, 6.45) is 0.793. The minimum Gasteiger partial charge on any atom is -0.506 e. The van der Waals surface area contributed by atoms with E-state index < -0.39 is 0 Å². The van der Waals surface area contributed by atoms with Gasteiger partial charge in [-0.1, -0.05) is 0 Å². The van der Waals surface area contributed by atoms with Gasteiger partial charge in [-0.15, -0.1) is 11.3 Å². The second-order valence-electron chi connectivity index (χ2n) is 3.75. The highest BCUT2D eigenvalue weighted by atomic mass is 32.1. The summed E-state index contributed by atoms with van der Waals surface area (Å²) in [6.45, 7) is 0. The first-order valence-corrected chi connectivity index (χ1v) is 5.86. The van der Waals surface area contributed by atoms with Gasteiger partial charge in [0.2, 0.25) is 0 Å². The molecule has 0 aliphatic carbocycles. The van der Waals surface area contributed by atoms with Crippen molar-refractivity contribution in [1.29, 1.82) is 0 Å². The van der Waals surface area contributed by atoms with Crippen molar-refractivity contribution in [2.24, 2.45) is 0 Å². The summed E-state index contributed by atoms with van der Waals surface area (Å²) in [7, 11) is 3.77. The molecule has 1 N–H and O–H groups in total. The number of hydrogen-bond donors (Lipinski definition) is 1. The zero-order valence-corrected chi connectivity index (χ0v) is 10.4. The molecule has 0 saturated heterocycles. The molecule has 0 bridgehead atoms. The third kappa shape index (κ3) is 2.29. The van der Waals surface area contributed by atoms with Crippen LogP contribution < -0.4 is 4.90 Å². The molecule has 5 heteroatoms. The Morgan fingerprint density at radius 2 is 2.06 bits per heavy atom. The average Bonchev–Trinajstić information content (AvgIpc) is 2.77. The molecule has 0 fully saturated rings. The van der Waals surface area contributed by atoms with Crippen LogP contribution in [0, 0.1) is 0 Å². The largest absolute Gasteiger partial charge is 0.506 e. The molecular formula is C12H12N2O2S. The lowest BCUT2D eigenvalue weighted by molar-refractivity contribution is 0.112. The van der Waals surface area contributed by atoms with Crippen LogP contribution in [0.15, 0.2) is 24.3 Å². The zero-order valence-electron chi connectivity index (χ0n) is 9.54. The van der Waals surface area contributed by atoms with Gasteiger partial charge in [-0.3, -0.25) is 4.79 Å². The average molecular weight is 248 g/mol. The van der Waals surface area contributed by atoms with Gasteiger partial charge in [0, 0.05) is 14.1 Å². The van der Waals surface area contributed by atoms with Crippen LogP contribution in [0.5, 0.6) is 5.75 Å². The molecule has 17 heavy (non-hydrogen) atoms. The highest BCUT2D eigenvalue weighted by Crippen LogP contribution is 2.33. The standard InChI is InChI=1S/C12H12N2O2S/c1-14(2)11-6-4-9(16)12(13-11)10-5-3-8(7-15)17-10/h3-7,16H,1-2H3. The maximum absolute atomic E-state index is 10.6. The fourth-order valence-electron chi connectivity index (χ4n) is 1.42. The minimum atomic E-state index is 0.120. The van der Waals surface area contributed by atoms with Crippen LogP contribution in [0.25, 0.3) is 10.6 Å². The highest BCUT2D eigenvalue weighted by molar-refractivity contribution is 7.17. The summed E-state index contributed by atoms with van der Waals surface area (Å²) in [6, 6.07) is 6.86. The van der Waals surface area contributed by atoms with Crippen LogP contribution in [0.1, 0.15) is 9.67 Å². The molecule has 0 saturated carbocycles. The van der Waals surface area contributed by atoms with Crippen molar-refractivity contribution in [3.63, 3.8) is 0 Å². The number of nitrogens with zero attached hydrogens (tertiary/aromatic N) is 2. The molecule has 4 nitrogen and oxygen atoms in total. The first kappa shape index (κ1) is 11.6. The lowest BCUT2D eigenvalue weighted by Gasteiger charge is -2.12. The number of thiophene rings is 1. The summed E-state index contributed by atoms with van der Waals surface area (Å²) in [5, 5.41) is 9.79. The lowest BCUT2D eigenvalue weighted by Crippen LogP contribution is -2.10. The highest BCUT2D eigenvalue weighted by Gasteiger charge is 2.11. The first-order valence-electron chi connectivity index (χ1n) is 5.04. The number of rotatable bonds is 3. The summed E-state index contributed by atoms with van der Waals surface area (Å²) < 4.78 is 0. The van der Waals surface area contributed by atoms with Gasteiger partial charge in [0.25, 0.3) is 0 Å². The lowest BCUT2D eigenvalue weighted by atomic mass is 10.2. The first-order chi connectivity index (χ1) is 8.11. The number of hydrogen-bond acceptors (Lipinski definition) is 5. The molecule has 2 aromatic rings. The van der Waals surface area contributed by atoms with Gasteiger partial charge in [-0.2, -0.15) is 0 Å². The Hall–Kier alpha value is -1.88. The van der Waals surface area contributed by atoms with E-state index in [-0.39, 0.29) is 5.75 Å². The fraction of sp³-hybridized carbons (Fsp3) is 0.167. The van der Waals surface area contributed by atoms with Gasteiger partial charge < -0.3 is 10.0 Å². The van der Waals surface area contributed by atoms with Crippen LogP contribution >= 0.6 is 11.3 Å². The van der Waals surface area contributed by atoms with Gasteiger partial charge in [0.05, 0.1) is 9.75 Å². The Morgan fingerprint density at radius 1 is 1.29 bits per heavy atom. The van der Waals surface area contributed by atoms with Gasteiger partial charge in [-0.25, -0.2) is 4.98 Å². The number of aromatic nitrogens is 1. The van der Waals surface area contributed by atoms with E-state index in [0.717, 1.165) is 17.0 Å². The Morgan fingerprint density at radius 3 is 2.65 bits per heavy atom. The number of aldehydes is 1. The molecule has 2 aromatic heterocycles. The molecule has 0 radical (unpaired) electrons. The molecule has 88 valence electrons. The normalized spacial score (nSPS) is 10.2. The topological polar surface area (TPSA) is 53.4 Å². The predicted molar refractivity (Wildman–Crippen MR) is 68.9 cm³/mol.